The fraction of sp³-hybridized carbons (Fsp3) is 0.250. The zero-order valence-electron chi connectivity index (χ0n) is 14.5. The standard InChI is InChI=1S/C20H18ClN3O3/c21-15-4-3-5-17(12-15)27-16-9-7-14(8-10-16)20(25)24-11-2-1-6-18(24)19-22-13-26-23-19/h3-5,7-10,12-13,18H,1-2,6,11H2. The number of amides is 1. The van der Waals surface area contributed by atoms with Crippen molar-refractivity contribution in [2.45, 2.75) is 25.3 Å². The molecule has 4 rings (SSSR count). The molecule has 6 nitrogen and oxygen atoms in total. The number of rotatable bonds is 4. The molecule has 2 aromatic carbocycles. The number of ether oxygens (including phenoxy) is 1. The molecule has 0 radical (unpaired) electrons. The zero-order valence-corrected chi connectivity index (χ0v) is 15.3. The number of nitrogens with zero attached hydrogens (tertiary/aromatic N) is 3. The van der Waals surface area contributed by atoms with Crippen LogP contribution in [0.2, 0.25) is 5.02 Å². The molecule has 7 heteroatoms. The van der Waals surface area contributed by atoms with E-state index in [9.17, 15) is 4.79 Å². The maximum atomic E-state index is 13.0. The van der Waals surface area contributed by atoms with E-state index in [1.54, 1.807) is 36.4 Å². The van der Waals surface area contributed by atoms with Crippen molar-refractivity contribution in [2.24, 2.45) is 0 Å². The molecular weight excluding hydrogens is 366 g/mol. The van der Waals surface area contributed by atoms with Gasteiger partial charge in [-0.1, -0.05) is 22.8 Å². The van der Waals surface area contributed by atoms with Crippen LogP contribution in [0.5, 0.6) is 11.5 Å². The summed E-state index contributed by atoms with van der Waals surface area (Å²) in [4.78, 5) is 19.0. The van der Waals surface area contributed by atoms with Crippen LogP contribution >= 0.6 is 11.6 Å². The van der Waals surface area contributed by atoms with Gasteiger partial charge in [0, 0.05) is 17.1 Å². The Morgan fingerprint density at radius 1 is 1.15 bits per heavy atom. The van der Waals surface area contributed by atoms with Crippen molar-refractivity contribution in [3.8, 4) is 11.5 Å². The van der Waals surface area contributed by atoms with Crippen LogP contribution in [-0.2, 0) is 0 Å². The van der Waals surface area contributed by atoms with Gasteiger partial charge in [0.15, 0.2) is 5.82 Å². The van der Waals surface area contributed by atoms with Crippen LogP contribution in [0.4, 0.5) is 0 Å². The molecule has 1 amide bonds. The van der Waals surface area contributed by atoms with Gasteiger partial charge in [-0.2, -0.15) is 4.98 Å². The lowest BCUT2D eigenvalue weighted by Crippen LogP contribution is -2.39. The second-order valence-electron chi connectivity index (χ2n) is 6.38. The average molecular weight is 384 g/mol. The number of piperidine rings is 1. The molecule has 1 aromatic heterocycles. The van der Waals surface area contributed by atoms with Crippen molar-refractivity contribution < 1.29 is 14.1 Å². The molecule has 1 aliphatic heterocycles. The number of likely N-dealkylation sites (tertiary alicyclic amines) is 1. The molecule has 1 atom stereocenters. The number of aromatic nitrogens is 2. The monoisotopic (exact) mass is 383 g/mol. The molecule has 0 N–H and O–H groups in total. The van der Waals surface area contributed by atoms with E-state index in [1.807, 2.05) is 17.0 Å². The molecule has 2 heterocycles. The van der Waals surface area contributed by atoms with Gasteiger partial charge in [-0.3, -0.25) is 4.79 Å². The second-order valence-corrected chi connectivity index (χ2v) is 6.82. The van der Waals surface area contributed by atoms with E-state index in [2.05, 4.69) is 10.1 Å². The maximum absolute atomic E-state index is 13.0. The van der Waals surface area contributed by atoms with E-state index in [4.69, 9.17) is 20.9 Å². The first-order valence-corrected chi connectivity index (χ1v) is 9.19. The number of benzene rings is 2. The van der Waals surface area contributed by atoms with E-state index >= 15 is 0 Å². The third-order valence-electron chi connectivity index (χ3n) is 4.57. The summed E-state index contributed by atoms with van der Waals surface area (Å²) >= 11 is 5.97. The Morgan fingerprint density at radius 2 is 2.00 bits per heavy atom. The average Bonchev–Trinajstić information content (AvgIpc) is 3.23. The minimum absolute atomic E-state index is 0.0428. The van der Waals surface area contributed by atoms with Gasteiger partial charge in [-0.25, -0.2) is 0 Å². The molecule has 1 saturated heterocycles. The Morgan fingerprint density at radius 3 is 2.74 bits per heavy atom. The number of hydrogen-bond acceptors (Lipinski definition) is 5. The lowest BCUT2D eigenvalue weighted by Gasteiger charge is -2.33. The topological polar surface area (TPSA) is 68.5 Å². The fourth-order valence-corrected chi connectivity index (χ4v) is 3.45. The predicted molar refractivity (Wildman–Crippen MR) is 99.9 cm³/mol. The summed E-state index contributed by atoms with van der Waals surface area (Å²) in [6.45, 7) is 0.679. The Kier molecular flexibility index (Phi) is 5.07. The minimum atomic E-state index is -0.146. The molecule has 0 bridgehead atoms. The van der Waals surface area contributed by atoms with E-state index in [-0.39, 0.29) is 11.9 Å². The Balaban J connectivity index is 1.50. The number of carbonyl (C=O) groups is 1. The highest BCUT2D eigenvalue weighted by atomic mass is 35.5. The van der Waals surface area contributed by atoms with Gasteiger partial charge >= 0.3 is 0 Å². The van der Waals surface area contributed by atoms with Crippen LogP contribution in [0.1, 0.15) is 41.5 Å². The molecule has 27 heavy (non-hydrogen) atoms. The Hall–Kier alpha value is -2.86. The largest absolute Gasteiger partial charge is 0.457 e. The van der Waals surface area contributed by atoms with Crippen molar-refractivity contribution in [3.05, 3.63) is 71.3 Å². The third-order valence-corrected chi connectivity index (χ3v) is 4.81. The van der Waals surface area contributed by atoms with Crippen LogP contribution in [0.3, 0.4) is 0 Å². The van der Waals surface area contributed by atoms with Crippen LogP contribution < -0.4 is 4.74 Å². The van der Waals surface area contributed by atoms with E-state index in [0.29, 0.717) is 34.5 Å². The molecule has 0 saturated carbocycles. The van der Waals surface area contributed by atoms with E-state index in [1.165, 1.54) is 6.39 Å². The van der Waals surface area contributed by atoms with E-state index < -0.39 is 0 Å². The SMILES string of the molecule is O=C(c1ccc(Oc2cccc(Cl)c2)cc1)N1CCCCC1c1ncon1. The van der Waals surface area contributed by atoms with Gasteiger partial charge in [-0.05, 0) is 61.7 Å². The van der Waals surface area contributed by atoms with Gasteiger partial charge in [0.05, 0.1) is 6.04 Å². The summed E-state index contributed by atoms with van der Waals surface area (Å²) < 4.78 is 10.6. The van der Waals surface area contributed by atoms with Crippen LogP contribution in [0, 0.1) is 0 Å². The van der Waals surface area contributed by atoms with Crippen LogP contribution in [0.25, 0.3) is 0 Å². The molecule has 1 fully saturated rings. The van der Waals surface area contributed by atoms with Crippen molar-refractivity contribution >= 4 is 17.5 Å². The number of carbonyl (C=O) groups excluding carboxylic acids is 1. The van der Waals surface area contributed by atoms with Crippen molar-refractivity contribution in [1.82, 2.24) is 15.0 Å². The van der Waals surface area contributed by atoms with E-state index in [0.717, 1.165) is 19.3 Å². The third kappa shape index (κ3) is 3.95. The highest BCUT2D eigenvalue weighted by Crippen LogP contribution is 2.31. The van der Waals surface area contributed by atoms with Crippen molar-refractivity contribution in [1.29, 1.82) is 0 Å². The molecule has 1 unspecified atom stereocenters. The first-order chi connectivity index (χ1) is 13.2. The lowest BCUT2D eigenvalue weighted by molar-refractivity contribution is 0.0597. The smallest absolute Gasteiger partial charge is 0.254 e. The predicted octanol–water partition coefficient (Wildman–Crippen LogP) is 4.88. The first kappa shape index (κ1) is 17.5. The summed E-state index contributed by atoms with van der Waals surface area (Å²) in [5.74, 6) is 1.81. The quantitative estimate of drug-likeness (QED) is 0.642. The van der Waals surface area contributed by atoms with Crippen molar-refractivity contribution in [2.75, 3.05) is 6.54 Å². The van der Waals surface area contributed by atoms with Gasteiger partial charge in [0.2, 0.25) is 6.39 Å². The number of halogens is 1. The van der Waals surface area contributed by atoms with Crippen molar-refractivity contribution in [3.63, 3.8) is 0 Å². The normalized spacial score (nSPS) is 16.9. The van der Waals surface area contributed by atoms with Crippen LogP contribution in [0.15, 0.2) is 59.4 Å². The molecule has 0 aliphatic carbocycles. The fourth-order valence-electron chi connectivity index (χ4n) is 3.27. The Bertz CT molecular complexity index is 912. The summed E-state index contributed by atoms with van der Waals surface area (Å²) in [5, 5.41) is 4.53. The van der Waals surface area contributed by atoms with Gasteiger partial charge in [0.1, 0.15) is 11.5 Å². The minimum Gasteiger partial charge on any atom is -0.457 e. The summed E-state index contributed by atoms with van der Waals surface area (Å²) in [6.07, 6.45) is 4.14. The zero-order chi connectivity index (χ0) is 18.6. The molecule has 138 valence electrons. The Labute approximate surface area is 161 Å². The molecular formula is C20H18ClN3O3. The summed E-state index contributed by atoms with van der Waals surface area (Å²) in [5.41, 5.74) is 0.601. The van der Waals surface area contributed by atoms with Gasteiger partial charge < -0.3 is 14.2 Å². The van der Waals surface area contributed by atoms with Gasteiger partial charge in [0.25, 0.3) is 5.91 Å². The summed E-state index contributed by atoms with van der Waals surface area (Å²) in [6, 6.07) is 14.1. The summed E-state index contributed by atoms with van der Waals surface area (Å²) in [7, 11) is 0. The molecule has 1 aliphatic rings. The molecule has 3 aromatic rings. The maximum Gasteiger partial charge on any atom is 0.254 e. The second kappa shape index (κ2) is 7.80. The lowest BCUT2D eigenvalue weighted by atomic mass is 10.00. The first-order valence-electron chi connectivity index (χ1n) is 8.81. The van der Waals surface area contributed by atoms with Crippen LogP contribution in [-0.4, -0.2) is 27.5 Å². The number of hydrogen-bond donors (Lipinski definition) is 0. The van der Waals surface area contributed by atoms with Gasteiger partial charge in [-0.15, -0.1) is 0 Å². The highest BCUT2D eigenvalue weighted by Gasteiger charge is 2.31. The molecule has 0 spiro atoms. The highest BCUT2D eigenvalue weighted by molar-refractivity contribution is 6.30.